The Balaban J connectivity index is 1.22. The number of rotatable bonds is 10. The van der Waals surface area contributed by atoms with E-state index < -0.39 is 17.9 Å². The molecule has 1 amide bonds. The number of fused-ring (bicyclic) bond motifs is 1. The summed E-state index contributed by atoms with van der Waals surface area (Å²) in [5.41, 5.74) is 5.50. The molecule has 2 N–H and O–H groups in total. The van der Waals surface area contributed by atoms with Gasteiger partial charge in [-0.2, -0.15) is 0 Å². The number of aliphatic carboxylic acids is 1. The lowest BCUT2D eigenvalue weighted by Gasteiger charge is -2.14. The molecule has 202 valence electrons. The largest absolute Gasteiger partial charge is 0.489 e. The molecule has 0 bridgehead atoms. The minimum Gasteiger partial charge on any atom is -0.489 e. The Bertz CT molecular complexity index is 1620. The molecule has 5 rings (SSSR count). The summed E-state index contributed by atoms with van der Waals surface area (Å²) >= 11 is 5.99. The van der Waals surface area contributed by atoms with Crippen LogP contribution in [0.1, 0.15) is 34.2 Å². The van der Waals surface area contributed by atoms with E-state index in [1.165, 1.54) is 5.56 Å². The molecule has 0 saturated heterocycles. The van der Waals surface area contributed by atoms with Crippen LogP contribution in [0.2, 0.25) is 5.02 Å². The first-order valence-corrected chi connectivity index (χ1v) is 13.4. The van der Waals surface area contributed by atoms with Crippen LogP contribution in [0.5, 0.6) is 5.75 Å². The van der Waals surface area contributed by atoms with E-state index in [2.05, 4.69) is 24.4 Å². The van der Waals surface area contributed by atoms with Crippen molar-refractivity contribution >= 4 is 34.4 Å². The lowest BCUT2D eigenvalue weighted by atomic mass is 10.0. The fraction of sp³-hybridized carbons (Fsp3) is 0.152. The van der Waals surface area contributed by atoms with Gasteiger partial charge in [-0.3, -0.25) is 4.79 Å². The summed E-state index contributed by atoms with van der Waals surface area (Å²) in [5, 5.41) is 13.8. The van der Waals surface area contributed by atoms with E-state index in [-0.39, 0.29) is 12.2 Å². The van der Waals surface area contributed by atoms with Crippen molar-refractivity contribution in [1.29, 1.82) is 0 Å². The van der Waals surface area contributed by atoms with Crippen LogP contribution in [0.3, 0.4) is 0 Å². The number of furan rings is 1. The van der Waals surface area contributed by atoms with Gasteiger partial charge in [0.05, 0.1) is 0 Å². The first-order chi connectivity index (χ1) is 19.4. The summed E-state index contributed by atoms with van der Waals surface area (Å²) in [4.78, 5) is 24.9. The third kappa shape index (κ3) is 6.53. The molecule has 0 radical (unpaired) electrons. The first-order valence-electron chi connectivity index (χ1n) is 13.0. The fourth-order valence-electron chi connectivity index (χ4n) is 4.39. The van der Waals surface area contributed by atoms with E-state index in [9.17, 15) is 14.7 Å². The fourth-order valence-corrected chi connectivity index (χ4v) is 4.52. The minimum atomic E-state index is -1.13. The van der Waals surface area contributed by atoms with E-state index in [4.69, 9.17) is 20.8 Å². The average molecular weight is 554 g/mol. The Labute approximate surface area is 237 Å². The number of hydrogen-bond donors (Lipinski definition) is 2. The predicted octanol–water partition coefficient (Wildman–Crippen LogP) is 7.32. The molecule has 4 aromatic carbocycles. The number of amides is 1. The molecule has 1 unspecified atom stereocenters. The van der Waals surface area contributed by atoms with Crippen molar-refractivity contribution in [3.63, 3.8) is 0 Å². The van der Waals surface area contributed by atoms with Crippen LogP contribution < -0.4 is 10.1 Å². The number of carbonyl (C=O) groups excluding carboxylic acids is 1. The third-order valence-electron chi connectivity index (χ3n) is 6.72. The van der Waals surface area contributed by atoms with Gasteiger partial charge in [-0.15, -0.1) is 0 Å². The summed E-state index contributed by atoms with van der Waals surface area (Å²) in [5.74, 6) is -0.999. The topological polar surface area (TPSA) is 88.8 Å². The van der Waals surface area contributed by atoms with Crippen LogP contribution in [0, 0.1) is 0 Å². The van der Waals surface area contributed by atoms with Gasteiger partial charge in [0.2, 0.25) is 0 Å². The van der Waals surface area contributed by atoms with Gasteiger partial charge in [-0.1, -0.05) is 79.2 Å². The Morgan fingerprint density at radius 1 is 0.850 bits per heavy atom. The Morgan fingerprint density at radius 3 is 2.17 bits per heavy atom. The predicted molar refractivity (Wildman–Crippen MR) is 156 cm³/mol. The molecule has 0 aliphatic rings. The zero-order chi connectivity index (χ0) is 28.1. The number of aryl methyl sites for hydroxylation is 1. The second kappa shape index (κ2) is 12.1. The van der Waals surface area contributed by atoms with Crippen molar-refractivity contribution in [1.82, 2.24) is 5.32 Å². The molecule has 1 atom stereocenters. The van der Waals surface area contributed by atoms with Crippen LogP contribution in [0.15, 0.2) is 101 Å². The molecule has 0 aliphatic heterocycles. The molecule has 0 saturated carbocycles. The van der Waals surface area contributed by atoms with E-state index in [0.29, 0.717) is 23.0 Å². The van der Waals surface area contributed by atoms with Crippen molar-refractivity contribution in [2.75, 3.05) is 0 Å². The third-order valence-corrected chi connectivity index (χ3v) is 6.98. The number of benzene rings is 4. The van der Waals surface area contributed by atoms with Gasteiger partial charge in [0.15, 0.2) is 5.76 Å². The molecular weight excluding hydrogens is 526 g/mol. The summed E-state index contributed by atoms with van der Waals surface area (Å²) in [7, 11) is 0. The highest BCUT2D eigenvalue weighted by Crippen LogP contribution is 2.28. The van der Waals surface area contributed by atoms with Gasteiger partial charge in [0, 0.05) is 16.8 Å². The average Bonchev–Trinajstić information content (AvgIpc) is 3.41. The minimum absolute atomic E-state index is 0.0465. The molecule has 1 heterocycles. The molecule has 6 nitrogen and oxygen atoms in total. The lowest BCUT2D eigenvalue weighted by molar-refractivity contribution is -0.139. The SMILES string of the molecule is CCc1ccc(COc2ccc(CC(NC(=O)c3cc4ccc(-c5ccc(Cl)cc5)cc4o3)C(=O)O)cc2)cc1. The lowest BCUT2D eigenvalue weighted by Crippen LogP contribution is -2.42. The van der Waals surface area contributed by atoms with Gasteiger partial charge in [-0.05, 0) is 70.6 Å². The Hall–Kier alpha value is -4.55. The summed E-state index contributed by atoms with van der Waals surface area (Å²) in [6.45, 7) is 2.56. The van der Waals surface area contributed by atoms with Crippen molar-refractivity contribution in [3.05, 3.63) is 125 Å². The van der Waals surface area contributed by atoms with Crippen molar-refractivity contribution < 1.29 is 23.8 Å². The van der Waals surface area contributed by atoms with Gasteiger partial charge in [0.1, 0.15) is 24.0 Å². The van der Waals surface area contributed by atoms with Crippen LogP contribution >= 0.6 is 11.6 Å². The number of carboxylic acids is 1. The number of carboxylic acid groups (broad SMARTS) is 1. The second-order valence-corrected chi connectivity index (χ2v) is 9.98. The highest BCUT2D eigenvalue weighted by Gasteiger charge is 2.23. The summed E-state index contributed by atoms with van der Waals surface area (Å²) in [6, 6.07) is 29.0. The van der Waals surface area contributed by atoms with Gasteiger partial charge in [-0.25, -0.2) is 4.79 Å². The summed E-state index contributed by atoms with van der Waals surface area (Å²) in [6.07, 6.45) is 1.10. The van der Waals surface area contributed by atoms with E-state index >= 15 is 0 Å². The van der Waals surface area contributed by atoms with Gasteiger partial charge < -0.3 is 19.6 Å². The quantitative estimate of drug-likeness (QED) is 0.189. The molecule has 7 heteroatoms. The van der Waals surface area contributed by atoms with Crippen LogP contribution in [-0.4, -0.2) is 23.0 Å². The molecule has 0 aliphatic carbocycles. The van der Waals surface area contributed by atoms with E-state index in [0.717, 1.165) is 34.1 Å². The standard InChI is InChI=1S/C33H28ClNO5/c1-2-21-3-5-23(6-4-21)20-39-28-15-7-22(8-16-28)17-29(33(37)38)35-32(36)31-19-26-10-9-25(18-30(26)40-31)24-11-13-27(34)14-12-24/h3-16,18-19,29H,2,17,20H2,1H3,(H,35,36)(H,37,38). The number of ether oxygens (including phenoxy) is 1. The zero-order valence-corrected chi connectivity index (χ0v) is 22.7. The van der Waals surface area contributed by atoms with Crippen molar-refractivity contribution in [2.24, 2.45) is 0 Å². The van der Waals surface area contributed by atoms with Gasteiger partial charge in [0.25, 0.3) is 5.91 Å². The maximum atomic E-state index is 12.9. The molecule has 1 aromatic heterocycles. The van der Waals surface area contributed by atoms with Crippen LogP contribution in [-0.2, 0) is 24.2 Å². The molecule has 40 heavy (non-hydrogen) atoms. The molecule has 0 fully saturated rings. The number of nitrogens with one attached hydrogen (secondary N) is 1. The first kappa shape index (κ1) is 27.0. The zero-order valence-electron chi connectivity index (χ0n) is 21.9. The molecule has 5 aromatic rings. The number of hydrogen-bond acceptors (Lipinski definition) is 4. The maximum absolute atomic E-state index is 12.9. The molecule has 0 spiro atoms. The van der Waals surface area contributed by atoms with E-state index in [1.807, 2.05) is 42.5 Å². The van der Waals surface area contributed by atoms with Crippen LogP contribution in [0.4, 0.5) is 0 Å². The van der Waals surface area contributed by atoms with Gasteiger partial charge >= 0.3 is 5.97 Å². The number of halogens is 1. The highest BCUT2D eigenvalue weighted by molar-refractivity contribution is 6.30. The Kier molecular flexibility index (Phi) is 8.18. The summed E-state index contributed by atoms with van der Waals surface area (Å²) < 4.78 is 11.7. The number of carbonyl (C=O) groups is 2. The highest BCUT2D eigenvalue weighted by atomic mass is 35.5. The van der Waals surface area contributed by atoms with Crippen LogP contribution in [0.25, 0.3) is 22.1 Å². The maximum Gasteiger partial charge on any atom is 0.326 e. The van der Waals surface area contributed by atoms with Crippen molar-refractivity contribution in [2.45, 2.75) is 32.4 Å². The normalized spacial score (nSPS) is 11.8. The monoisotopic (exact) mass is 553 g/mol. The smallest absolute Gasteiger partial charge is 0.326 e. The molecular formula is C33H28ClNO5. The Morgan fingerprint density at radius 2 is 1.50 bits per heavy atom. The van der Waals surface area contributed by atoms with E-state index in [1.54, 1.807) is 42.5 Å². The second-order valence-electron chi connectivity index (χ2n) is 9.54. The van der Waals surface area contributed by atoms with Crippen molar-refractivity contribution in [3.8, 4) is 16.9 Å².